The van der Waals surface area contributed by atoms with Crippen molar-refractivity contribution >= 4 is 11.8 Å². The first-order chi connectivity index (χ1) is 10.5. The number of nitrogens with one attached hydrogen (secondary N) is 1. The van der Waals surface area contributed by atoms with Crippen LogP contribution < -0.4 is 5.32 Å². The number of rotatable bonds is 2. The van der Waals surface area contributed by atoms with E-state index >= 15 is 0 Å². The zero-order valence-corrected chi connectivity index (χ0v) is 12.7. The van der Waals surface area contributed by atoms with Crippen molar-refractivity contribution in [2.24, 2.45) is 0 Å². The van der Waals surface area contributed by atoms with E-state index < -0.39 is 5.54 Å². The van der Waals surface area contributed by atoms with Crippen LogP contribution in [0.4, 0.5) is 0 Å². The van der Waals surface area contributed by atoms with Crippen molar-refractivity contribution < 1.29 is 9.59 Å². The molecule has 1 aliphatic rings. The maximum Gasteiger partial charge on any atom is 0.254 e. The Morgan fingerprint density at radius 2 is 1.77 bits per heavy atom. The molecular weight excluding hydrogens is 278 g/mol. The second kappa shape index (κ2) is 5.33. The average Bonchev–Trinajstić information content (AvgIpc) is 3.04. The fraction of sp³-hybridized carbons (Fsp3) is 0.294. The largest absolute Gasteiger partial charge is 0.352 e. The summed E-state index contributed by atoms with van der Waals surface area (Å²) in [4.78, 5) is 26.3. The molecule has 1 aromatic heterocycles. The number of piperazine rings is 1. The van der Waals surface area contributed by atoms with Gasteiger partial charge in [0.05, 0.1) is 0 Å². The van der Waals surface area contributed by atoms with E-state index in [0.29, 0.717) is 18.7 Å². The number of nitrogens with zero attached hydrogens (tertiary/aromatic N) is 2. The van der Waals surface area contributed by atoms with Crippen LogP contribution in [0.3, 0.4) is 0 Å². The van der Waals surface area contributed by atoms with Crippen molar-refractivity contribution in [3.8, 4) is 5.69 Å². The summed E-state index contributed by atoms with van der Waals surface area (Å²) in [6.07, 6.45) is 3.91. The quantitative estimate of drug-likeness (QED) is 0.919. The molecule has 1 aliphatic heterocycles. The summed E-state index contributed by atoms with van der Waals surface area (Å²) >= 11 is 0. The molecule has 2 amide bonds. The maximum absolute atomic E-state index is 12.7. The molecule has 2 heterocycles. The van der Waals surface area contributed by atoms with Crippen LogP contribution in [-0.4, -0.2) is 39.9 Å². The standard InChI is InChI=1S/C17H19N3O2/c1-17(2)16(22)18-9-12-20(17)15(21)13-5-7-14(8-6-13)19-10-3-4-11-19/h3-8,10-11H,9,12H2,1-2H3,(H,18,22). The van der Waals surface area contributed by atoms with Gasteiger partial charge in [0.1, 0.15) is 5.54 Å². The summed E-state index contributed by atoms with van der Waals surface area (Å²) in [7, 11) is 0. The van der Waals surface area contributed by atoms with Crippen LogP contribution in [0.15, 0.2) is 48.8 Å². The van der Waals surface area contributed by atoms with E-state index in [1.807, 2.05) is 41.2 Å². The highest BCUT2D eigenvalue weighted by Gasteiger charge is 2.40. The van der Waals surface area contributed by atoms with Gasteiger partial charge in [0.2, 0.25) is 5.91 Å². The minimum atomic E-state index is -0.825. The molecule has 0 spiro atoms. The number of carbonyl (C=O) groups excluding carboxylic acids is 2. The van der Waals surface area contributed by atoms with Gasteiger partial charge in [-0.05, 0) is 50.2 Å². The highest BCUT2D eigenvalue weighted by molar-refractivity contribution is 5.99. The van der Waals surface area contributed by atoms with Crippen molar-refractivity contribution in [3.63, 3.8) is 0 Å². The zero-order valence-electron chi connectivity index (χ0n) is 12.7. The Labute approximate surface area is 129 Å². The smallest absolute Gasteiger partial charge is 0.254 e. The maximum atomic E-state index is 12.7. The first-order valence-corrected chi connectivity index (χ1v) is 7.34. The van der Waals surface area contributed by atoms with Crippen LogP contribution >= 0.6 is 0 Å². The van der Waals surface area contributed by atoms with Gasteiger partial charge in [-0.25, -0.2) is 0 Å². The van der Waals surface area contributed by atoms with E-state index in [4.69, 9.17) is 0 Å². The second-order valence-corrected chi connectivity index (χ2v) is 5.91. The van der Waals surface area contributed by atoms with Crippen molar-refractivity contribution in [1.29, 1.82) is 0 Å². The first kappa shape index (κ1) is 14.4. The minimum absolute atomic E-state index is 0.112. The predicted octanol–water partition coefficient (Wildman–Crippen LogP) is 1.83. The van der Waals surface area contributed by atoms with E-state index in [0.717, 1.165) is 5.69 Å². The average molecular weight is 297 g/mol. The Morgan fingerprint density at radius 3 is 2.41 bits per heavy atom. The lowest BCUT2D eigenvalue weighted by Crippen LogP contribution is -2.63. The third kappa shape index (κ3) is 2.39. The normalized spacial score (nSPS) is 17.2. The topological polar surface area (TPSA) is 54.3 Å². The molecule has 0 aliphatic carbocycles. The third-order valence-corrected chi connectivity index (χ3v) is 4.11. The SMILES string of the molecule is CC1(C)C(=O)NCCN1C(=O)c1ccc(-n2cccc2)cc1. The van der Waals surface area contributed by atoms with E-state index in [-0.39, 0.29) is 11.8 Å². The van der Waals surface area contributed by atoms with E-state index in [2.05, 4.69) is 5.32 Å². The number of carbonyl (C=O) groups is 2. The van der Waals surface area contributed by atoms with E-state index in [1.165, 1.54) is 0 Å². The van der Waals surface area contributed by atoms with Gasteiger partial charge in [0.15, 0.2) is 0 Å². The Kier molecular flexibility index (Phi) is 3.48. The summed E-state index contributed by atoms with van der Waals surface area (Å²) in [6.45, 7) is 4.56. The van der Waals surface area contributed by atoms with Crippen molar-refractivity contribution in [3.05, 3.63) is 54.4 Å². The Balaban J connectivity index is 1.84. The molecule has 1 N–H and O–H groups in total. The molecule has 0 saturated carbocycles. The summed E-state index contributed by atoms with van der Waals surface area (Å²) in [5.74, 6) is -0.227. The highest BCUT2D eigenvalue weighted by atomic mass is 16.2. The number of hydrogen-bond donors (Lipinski definition) is 1. The fourth-order valence-electron chi connectivity index (χ4n) is 2.69. The van der Waals surface area contributed by atoms with Crippen LogP contribution in [-0.2, 0) is 4.79 Å². The Morgan fingerprint density at radius 1 is 1.14 bits per heavy atom. The number of hydrogen-bond acceptors (Lipinski definition) is 2. The minimum Gasteiger partial charge on any atom is -0.352 e. The molecule has 1 fully saturated rings. The van der Waals surface area contributed by atoms with Crippen LogP contribution in [0.2, 0.25) is 0 Å². The second-order valence-electron chi connectivity index (χ2n) is 5.91. The van der Waals surface area contributed by atoms with Gasteiger partial charge in [0.25, 0.3) is 5.91 Å². The zero-order chi connectivity index (χ0) is 15.7. The van der Waals surface area contributed by atoms with Crippen molar-refractivity contribution in [2.75, 3.05) is 13.1 Å². The van der Waals surface area contributed by atoms with Crippen molar-refractivity contribution in [2.45, 2.75) is 19.4 Å². The van der Waals surface area contributed by atoms with Crippen LogP contribution in [0, 0.1) is 0 Å². The van der Waals surface area contributed by atoms with Gasteiger partial charge in [-0.2, -0.15) is 0 Å². The lowest BCUT2D eigenvalue weighted by Gasteiger charge is -2.41. The molecule has 0 atom stereocenters. The van der Waals surface area contributed by atoms with Crippen LogP contribution in [0.1, 0.15) is 24.2 Å². The molecule has 0 bridgehead atoms. The molecule has 3 rings (SSSR count). The molecule has 5 heteroatoms. The first-order valence-electron chi connectivity index (χ1n) is 7.34. The van der Waals surface area contributed by atoms with Gasteiger partial charge in [-0.1, -0.05) is 0 Å². The molecule has 2 aromatic rings. The third-order valence-electron chi connectivity index (χ3n) is 4.11. The molecule has 1 saturated heterocycles. The highest BCUT2D eigenvalue weighted by Crippen LogP contribution is 2.21. The Bertz CT molecular complexity index is 687. The van der Waals surface area contributed by atoms with Gasteiger partial charge in [-0.15, -0.1) is 0 Å². The van der Waals surface area contributed by atoms with Gasteiger partial charge >= 0.3 is 0 Å². The van der Waals surface area contributed by atoms with Gasteiger partial charge < -0.3 is 14.8 Å². The molecule has 0 radical (unpaired) electrons. The van der Waals surface area contributed by atoms with Crippen LogP contribution in [0.25, 0.3) is 5.69 Å². The number of aromatic nitrogens is 1. The number of amides is 2. The van der Waals surface area contributed by atoms with Gasteiger partial charge in [0, 0.05) is 36.7 Å². The van der Waals surface area contributed by atoms with Crippen LogP contribution in [0.5, 0.6) is 0 Å². The molecule has 114 valence electrons. The molecular formula is C17H19N3O2. The monoisotopic (exact) mass is 297 g/mol. The molecule has 22 heavy (non-hydrogen) atoms. The molecule has 5 nitrogen and oxygen atoms in total. The molecule has 0 unspecified atom stereocenters. The number of benzene rings is 1. The van der Waals surface area contributed by atoms with E-state index in [9.17, 15) is 9.59 Å². The summed E-state index contributed by atoms with van der Waals surface area (Å²) in [5.41, 5.74) is 0.768. The summed E-state index contributed by atoms with van der Waals surface area (Å²) < 4.78 is 1.98. The summed E-state index contributed by atoms with van der Waals surface area (Å²) in [5, 5.41) is 2.80. The molecule has 1 aromatic carbocycles. The van der Waals surface area contributed by atoms with Gasteiger partial charge in [-0.3, -0.25) is 9.59 Å². The summed E-state index contributed by atoms with van der Waals surface area (Å²) in [6, 6.07) is 11.3. The van der Waals surface area contributed by atoms with E-state index in [1.54, 1.807) is 30.9 Å². The van der Waals surface area contributed by atoms with Crippen molar-refractivity contribution in [1.82, 2.24) is 14.8 Å². The fourth-order valence-corrected chi connectivity index (χ4v) is 2.69. The lowest BCUT2D eigenvalue weighted by atomic mass is 9.97. The lowest BCUT2D eigenvalue weighted by molar-refractivity contribution is -0.133. The Hall–Kier alpha value is -2.56. The predicted molar refractivity (Wildman–Crippen MR) is 83.9 cm³/mol.